The van der Waals surface area contributed by atoms with E-state index in [2.05, 4.69) is 25.0 Å². The second-order valence-electron chi connectivity index (χ2n) is 6.81. The highest BCUT2D eigenvalue weighted by atomic mass is 19.4. The zero-order chi connectivity index (χ0) is 21.8. The van der Waals surface area contributed by atoms with Crippen molar-refractivity contribution >= 4 is 5.91 Å². The smallest absolute Gasteiger partial charge is 0.406 e. The molecule has 1 aliphatic heterocycles. The molecule has 31 heavy (non-hydrogen) atoms. The lowest BCUT2D eigenvalue weighted by Gasteiger charge is -2.13. The van der Waals surface area contributed by atoms with Gasteiger partial charge in [0.15, 0.2) is 5.82 Å². The number of hydrogen-bond acceptors (Lipinski definition) is 6. The highest BCUT2D eigenvalue weighted by molar-refractivity contribution is 5.94. The summed E-state index contributed by atoms with van der Waals surface area (Å²) in [5.74, 6) is -0.465. The van der Waals surface area contributed by atoms with Gasteiger partial charge in [-0.2, -0.15) is 0 Å². The molecule has 160 valence electrons. The minimum absolute atomic E-state index is 0.105. The molecule has 1 N–H and O–H groups in total. The Balaban J connectivity index is 1.68. The lowest BCUT2D eigenvalue weighted by Crippen LogP contribution is -2.35. The summed E-state index contributed by atoms with van der Waals surface area (Å²) >= 11 is 0. The molecule has 7 nitrogen and oxygen atoms in total. The zero-order valence-electron chi connectivity index (χ0n) is 16.1. The number of halogens is 3. The summed E-state index contributed by atoms with van der Waals surface area (Å²) in [5, 5.41) is 2.87. The van der Waals surface area contributed by atoms with Crippen LogP contribution in [0.5, 0.6) is 5.75 Å². The summed E-state index contributed by atoms with van der Waals surface area (Å²) in [7, 11) is 0. The molecule has 0 bridgehead atoms. The van der Waals surface area contributed by atoms with E-state index in [9.17, 15) is 18.0 Å². The number of carbonyl (C=O) groups excluding carboxylic acids is 1. The molecular weight excluding hydrogens is 413 g/mol. The van der Waals surface area contributed by atoms with Crippen LogP contribution in [0, 0.1) is 0 Å². The third-order valence-corrected chi connectivity index (χ3v) is 4.53. The van der Waals surface area contributed by atoms with E-state index >= 15 is 0 Å². The Hall–Kier alpha value is -3.53. The third kappa shape index (κ3) is 5.34. The maximum absolute atomic E-state index is 12.8. The maximum Gasteiger partial charge on any atom is 0.573 e. The lowest BCUT2D eigenvalue weighted by atomic mass is 10.1. The first-order valence-electron chi connectivity index (χ1n) is 9.42. The number of hydrogen-bond donors (Lipinski definition) is 1. The highest BCUT2D eigenvalue weighted by Gasteiger charge is 2.31. The predicted octanol–water partition coefficient (Wildman–Crippen LogP) is 3.62. The van der Waals surface area contributed by atoms with Gasteiger partial charge in [0.1, 0.15) is 11.4 Å². The molecular formula is C21H17F3N4O3. The fourth-order valence-corrected chi connectivity index (χ4v) is 3.07. The molecule has 0 saturated carbocycles. The minimum Gasteiger partial charge on any atom is -0.406 e. The summed E-state index contributed by atoms with van der Waals surface area (Å²) in [6.07, 6.45) is -0.911. The van der Waals surface area contributed by atoms with Crippen molar-refractivity contribution in [2.75, 3.05) is 13.2 Å². The molecule has 1 amide bonds. The Morgan fingerprint density at radius 2 is 1.94 bits per heavy atom. The van der Waals surface area contributed by atoms with Gasteiger partial charge in [-0.25, -0.2) is 9.97 Å². The standard InChI is InChI=1S/C21H17F3N4O3/c22-21(23,24)31-16-5-3-13(4-6-16)17-10-18(20(29)26-15-7-9-30-12-15)28-19(27-17)14-2-1-8-25-11-14/h1-6,8,10-11,15H,7,9,12H2,(H,26,29). The van der Waals surface area contributed by atoms with E-state index in [4.69, 9.17) is 4.74 Å². The number of nitrogens with zero attached hydrogens (tertiary/aromatic N) is 3. The number of ether oxygens (including phenoxy) is 2. The molecule has 1 fully saturated rings. The molecule has 1 aliphatic rings. The summed E-state index contributed by atoms with van der Waals surface area (Å²) in [5.41, 5.74) is 1.60. The van der Waals surface area contributed by atoms with Crippen LogP contribution in [0.4, 0.5) is 13.2 Å². The van der Waals surface area contributed by atoms with Crippen LogP contribution >= 0.6 is 0 Å². The van der Waals surface area contributed by atoms with Gasteiger partial charge in [0, 0.05) is 30.1 Å². The Labute approximate surface area is 175 Å². The van der Waals surface area contributed by atoms with Crippen LogP contribution in [0.15, 0.2) is 54.9 Å². The van der Waals surface area contributed by atoms with Crippen LogP contribution in [0.2, 0.25) is 0 Å². The Morgan fingerprint density at radius 1 is 1.13 bits per heavy atom. The van der Waals surface area contributed by atoms with Gasteiger partial charge in [-0.1, -0.05) is 0 Å². The first kappa shape index (κ1) is 20.7. The van der Waals surface area contributed by atoms with Gasteiger partial charge in [0.05, 0.1) is 18.3 Å². The summed E-state index contributed by atoms with van der Waals surface area (Å²) < 4.78 is 46.4. The number of carbonyl (C=O) groups is 1. The molecule has 10 heteroatoms. The molecule has 0 spiro atoms. The largest absolute Gasteiger partial charge is 0.573 e. The van der Waals surface area contributed by atoms with E-state index < -0.39 is 6.36 Å². The number of benzene rings is 1. The quantitative estimate of drug-likeness (QED) is 0.666. The first-order chi connectivity index (χ1) is 14.9. The van der Waals surface area contributed by atoms with Gasteiger partial charge < -0.3 is 14.8 Å². The SMILES string of the molecule is O=C(NC1CCOC1)c1cc(-c2ccc(OC(F)(F)F)cc2)nc(-c2cccnc2)n1. The normalized spacial score (nSPS) is 16.2. The third-order valence-electron chi connectivity index (χ3n) is 4.53. The predicted molar refractivity (Wildman–Crippen MR) is 104 cm³/mol. The molecule has 1 atom stereocenters. The minimum atomic E-state index is -4.78. The van der Waals surface area contributed by atoms with Crippen molar-refractivity contribution < 1.29 is 27.4 Å². The van der Waals surface area contributed by atoms with Crippen LogP contribution in [0.1, 0.15) is 16.9 Å². The van der Waals surface area contributed by atoms with E-state index in [0.717, 1.165) is 0 Å². The van der Waals surface area contributed by atoms with Crippen molar-refractivity contribution in [3.63, 3.8) is 0 Å². The fourth-order valence-electron chi connectivity index (χ4n) is 3.07. The average Bonchev–Trinajstić information content (AvgIpc) is 3.26. The number of aromatic nitrogens is 3. The van der Waals surface area contributed by atoms with Crippen molar-refractivity contribution in [2.45, 2.75) is 18.8 Å². The second-order valence-corrected chi connectivity index (χ2v) is 6.81. The monoisotopic (exact) mass is 430 g/mol. The fraction of sp³-hybridized carbons (Fsp3) is 0.238. The van der Waals surface area contributed by atoms with Crippen molar-refractivity contribution in [3.8, 4) is 28.4 Å². The van der Waals surface area contributed by atoms with Gasteiger partial charge in [-0.3, -0.25) is 9.78 Å². The molecule has 0 aliphatic carbocycles. The summed E-state index contributed by atoms with van der Waals surface area (Å²) in [6, 6.07) is 10.1. The van der Waals surface area contributed by atoms with Crippen LogP contribution < -0.4 is 10.1 Å². The van der Waals surface area contributed by atoms with Crippen molar-refractivity contribution in [3.05, 3.63) is 60.6 Å². The van der Waals surface area contributed by atoms with E-state index in [0.29, 0.717) is 36.5 Å². The number of amides is 1. The zero-order valence-corrected chi connectivity index (χ0v) is 16.1. The van der Waals surface area contributed by atoms with E-state index in [1.165, 1.54) is 30.3 Å². The van der Waals surface area contributed by atoms with Gasteiger partial charge >= 0.3 is 6.36 Å². The number of nitrogens with one attached hydrogen (secondary N) is 1. The van der Waals surface area contributed by atoms with Crippen LogP contribution in [0.3, 0.4) is 0 Å². The van der Waals surface area contributed by atoms with Crippen molar-refractivity contribution in [1.29, 1.82) is 0 Å². The molecule has 1 unspecified atom stereocenters. The topological polar surface area (TPSA) is 86.2 Å². The molecule has 3 aromatic rings. The lowest BCUT2D eigenvalue weighted by molar-refractivity contribution is -0.274. The Kier molecular flexibility index (Phi) is 5.81. The van der Waals surface area contributed by atoms with E-state index in [1.807, 2.05) is 0 Å². The molecule has 1 aromatic carbocycles. The number of pyridine rings is 1. The summed E-state index contributed by atoms with van der Waals surface area (Å²) in [4.78, 5) is 25.6. The molecule has 4 rings (SSSR count). The average molecular weight is 430 g/mol. The van der Waals surface area contributed by atoms with E-state index in [-0.39, 0.29) is 29.2 Å². The van der Waals surface area contributed by atoms with Crippen molar-refractivity contribution in [2.24, 2.45) is 0 Å². The molecule has 1 saturated heterocycles. The van der Waals surface area contributed by atoms with Crippen LogP contribution in [-0.2, 0) is 4.74 Å². The Bertz CT molecular complexity index is 1050. The highest BCUT2D eigenvalue weighted by Crippen LogP contribution is 2.27. The van der Waals surface area contributed by atoms with E-state index in [1.54, 1.807) is 24.5 Å². The first-order valence-corrected chi connectivity index (χ1v) is 9.42. The molecule has 0 radical (unpaired) electrons. The second kappa shape index (κ2) is 8.68. The van der Waals surface area contributed by atoms with Gasteiger partial charge in [-0.05, 0) is 48.9 Å². The Morgan fingerprint density at radius 3 is 2.58 bits per heavy atom. The molecule has 2 aromatic heterocycles. The van der Waals surface area contributed by atoms with Gasteiger partial charge in [0.2, 0.25) is 0 Å². The van der Waals surface area contributed by atoms with Crippen molar-refractivity contribution in [1.82, 2.24) is 20.3 Å². The van der Waals surface area contributed by atoms with Crippen LogP contribution in [0.25, 0.3) is 22.6 Å². The number of alkyl halides is 3. The maximum atomic E-state index is 12.8. The van der Waals surface area contributed by atoms with Crippen LogP contribution in [-0.4, -0.2) is 46.5 Å². The summed E-state index contributed by atoms with van der Waals surface area (Å²) in [6.45, 7) is 1.01. The van der Waals surface area contributed by atoms with Gasteiger partial charge in [-0.15, -0.1) is 13.2 Å². The van der Waals surface area contributed by atoms with Gasteiger partial charge in [0.25, 0.3) is 5.91 Å². The molecule has 3 heterocycles. The number of rotatable bonds is 5.